The number of aryl methyl sites for hydroxylation is 1. The predicted molar refractivity (Wildman–Crippen MR) is 219 cm³/mol. The molecule has 0 spiro atoms. The lowest BCUT2D eigenvalue weighted by molar-refractivity contribution is -0.136. The van der Waals surface area contributed by atoms with Crippen LogP contribution in [0.3, 0.4) is 0 Å². The van der Waals surface area contributed by atoms with Crippen molar-refractivity contribution in [2.24, 2.45) is 0 Å². The molecule has 3 N–H and O–H groups in total. The highest BCUT2D eigenvalue weighted by Gasteiger charge is 2.29. The number of hydrogen-bond donors (Lipinski definition) is 3. The summed E-state index contributed by atoms with van der Waals surface area (Å²) in [6.07, 6.45) is 9.85. The third kappa shape index (κ3) is 11.7. The van der Waals surface area contributed by atoms with Crippen LogP contribution in [0, 0.1) is 19.8 Å². The van der Waals surface area contributed by atoms with Gasteiger partial charge in [-0.3, -0.25) is 9.59 Å². The number of carbonyl (C=O) groups is 4. The molecule has 5 aromatic rings. The van der Waals surface area contributed by atoms with Gasteiger partial charge in [0.1, 0.15) is 17.5 Å². The second-order valence-electron chi connectivity index (χ2n) is 14.2. The molecule has 3 aromatic carbocycles. The van der Waals surface area contributed by atoms with Crippen molar-refractivity contribution in [3.05, 3.63) is 89.9 Å². The molecule has 0 aliphatic heterocycles. The maximum absolute atomic E-state index is 13.7. The van der Waals surface area contributed by atoms with E-state index in [1.807, 2.05) is 77.9 Å². The molecule has 0 radical (unpaired) electrons. The Morgan fingerprint density at radius 1 is 0.930 bits per heavy atom. The first-order chi connectivity index (χ1) is 27.3. The number of aromatic amines is 1. The molecule has 57 heavy (non-hydrogen) atoms. The second-order valence-corrected chi connectivity index (χ2v) is 14.2. The van der Waals surface area contributed by atoms with Crippen LogP contribution in [0.2, 0.25) is 0 Å². The number of ether oxygens (including phenoxy) is 2. The normalized spacial score (nSPS) is 11.5. The summed E-state index contributed by atoms with van der Waals surface area (Å²) in [6.45, 7) is 12.2. The van der Waals surface area contributed by atoms with E-state index in [0.29, 0.717) is 53.8 Å². The van der Waals surface area contributed by atoms with Crippen LogP contribution in [0.25, 0.3) is 33.8 Å². The summed E-state index contributed by atoms with van der Waals surface area (Å²) >= 11 is 0. The number of fused-ring (bicyclic) bond motifs is 1. The number of H-pyrrole nitrogens is 1. The average Bonchev–Trinajstić information content (AvgIpc) is 3.85. The summed E-state index contributed by atoms with van der Waals surface area (Å²) in [5.41, 5.74) is 4.24. The van der Waals surface area contributed by atoms with Crippen molar-refractivity contribution in [2.75, 3.05) is 32.1 Å². The van der Waals surface area contributed by atoms with Crippen molar-refractivity contribution in [2.45, 2.75) is 72.6 Å². The zero-order valence-corrected chi connectivity index (χ0v) is 33.5. The zero-order valence-electron chi connectivity index (χ0n) is 33.5. The van der Waals surface area contributed by atoms with Gasteiger partial charge in [0.05, 0.1) is 37.4 Å². The Hall–Kier alpha value is -6.62. The van der Waals surface area contributed by atoms with Gasteiger partial charge in [-0.2, -0.15) is 0 Å². The molecule has 1 atom stereocenters. The largest absolute Gasteiger partial charge is 0.453 e. The Morgan fingerprint density at radius 2 is 1.61 bits per heavy atom. The van der Waals surface area contributed by atoms with E-state index in [2.05, 4.69) is 38.4 Å². The number of nitrogens with one attached hydrogen (secondary N) is 3. The van der Waals surface area contributed by atoms with Gasteiger partial charge in [0.2, 0.25) is 17.7 Å². The van der Waals surface area contributed by atoms with Gasteiger partial charge in [0, 0.05) is 29.9 Å². The van der Waals surface area contributed by atoms with Gasteiger partial charge in [-0.1, -0.05) is 56.3 Å². The van der Waals surface area contributed by atoms with Crippen molar-refractivity contribution in [1.29, 1.82) is 0 Å². The molecule has 14 nitrogen and oxygen atoms in total. The summed E-state index contributed by atoms with van der Waals surface area (Å²) in [7, 11) is 1.23. The SMILES string of the molecule is C#C.CCCN(Cc1nc2ccc(-c3ncc(-c4ccc(C)c(NC(=O)CN(CCC)C(=O)[C@H](NC(=O)OC)c5ccccc5)c4)o3)cc2[nH]1)C(=O)OC(C)(C)C. The fraction of sp³-hybridized carbons (Fsp3) is 0.349. The number of aromatic nitrogens is 3. The van der Waals surface area contributed by atoms with Gasteiger partial charge >= 0.3 is 12.2 Å². The lowest BCUT2D eigenvalue weighted by Gasteiger charge is -2.27. The number of terminal acetylenes is 1. The molecular weight excluding hydrogens is 727 g/mol. The summed E-state index contributed by atoms with van der Waals surface area (Å²) in [4.78, 5) is 67.7. The minimum absolute atomic E-state index is 0.232. The van der Waals surface area contributed by atoms with Crippen LogP contribution >= 0.6 is 0 Å². The second kappa shape index (κ2) is 19.8. The van der Waals surface area contributed by atoms with E-state index in [1.54, 1.807) is 41.4 Å². The molecule has 0 bridgehead atoms. The van der Waals surface area contributed by atoms with Crippen LogP contribution in [0.15, 0.2) is 77.3 Å². The Bertz CT molecular complexity index is 2170. The van der Waals surface area contributed by atoms with Gasteiger partial charge in [-0.25, -0.2) is 19.6 Å². The van der Waals surface area contributed by atoms with Gasteiger partial charge in [-0.05, 0) is 75.9 Å². The van der Waals surface area contributed by atoms with Gasteiger partial charge < -0.3 is 39.3 Å². The van der Waals surface area contributed by atoms with Crippen LogP contribution in [-0.2, 0) is 25.6 Å². The van der Waals surface area contributed by atoms with Crippen LogP contribution < -0.4 is 10.6 Å². The van der Waals surface area contributed by atoms with Crippen molar-refractivity contribution in [3.8, 4) is 35.6 Å². The lowest BCUT2D eigenvalue weighted by Crippen LogP contribution is -2.46. The summed E-state index contributed by atoms with van der Waals surface area (Å²) in [6, 6.07) is 19.0. The Kier molecular flexibility index (Phi) is 15.0. The molecule has 0 aliphatic rings. The highest BCUT2D eigenvalue weighted by Crippen LogP contribution is 2.31. The fourth-order valence-corrected chi connectivity index (χ4v) is 5.93. The molecule has 2 heterocycles. The third-order valence-corrected chi connectivity index (χ3v) is 8.53. The third-order valence-electron chi connectivity index (χ3n) is 8.53. The zero-order chi connectivity index (χ0) is 41.7. The quantitative estimate of drug-likeness (QED) is 0.0950. The number of benzene rings is 3. The monoisotopic (exact) mass is 777 g/mol. The molecule has 0 aliphatic carbocycles. The maximum Gasteiger partial charge on any atom is 0.410 e. The van der Waals surface area contributed by atoms with Gasteiger partial charge in [0.15, 0.2) is 5.76 Å². The molecule has 2 aromatic heterocycles. The lowest BCUT2D eigenvalue weighted by atomic mass is 10.1. The van der Waals surface area contributed by atoms with E-state index in [9.17, 15) is 19.2 Å². The number of oxazole rings is 1. The highest BCUT2D eigenvalue weighted by molar-refractivity contribution is 5.97. The smallest absolute Gasteiger partial charge is 0.410 e. The molecule has 300 valence electrons. The first-order valence-corrected chi connectivity index (χ1v) is 18.6. The van der Waals surface area contributed by atoms with E-state index in [-0.39, 0.29) is 13.1 Å². The minimum atomic E-state index is -1.03. The first kappa shape index (κ1) is 43.1. The molecule has 4 amide bonds. The van der Waals surface area contributed by atoms with Crippen LogP contribution in [-0.4, -0.2) is 81.1 Å². The van der Waals surface area contributed by atoms with E-state index < -0.39 is 35.6 Å². The highest BCUT2D eigenvalue weighted by atomic mass is 16.6. The number of imidazole rings is 1. The number of amides is 4. The van der Waals surface area contributed by atoms with E-state index in [4.69, 9.17) is 13.9 Å². The van der Waals surface area contributed by atoms with Crippen molar-refractivity contribution < 1.29 is 33.1 Å². The Labute approximate surface area is 333 Å². The topological polar surface area (TPSA) is 172 Å². The number of methoxy groups -OCH3 is 1. The van der Waals surface area contributed by atoms with Crippen LogP contribution in [0.1, 0.15) is 70.5 Å². The van der Waals surface area contributed by atoms with Crippen LogP contribution in [0.5, 0.6) is 0 Å². The van der Waals surface area contributed by atoms with Crippen LogP contribution in [0.4, 0.5) is 15.3 Å². The van der Waals surface area contributed by atoms with Crippen molar-refractivity contribution in [3.63, 3.8) is 0 Å². The average molecular weight is 778 g/mol. The number of hydrogen-bond acceptors (Lipinski definition) is 9. The molecule has 0 fully saturated rings. The summed E-state index contributed by atoms with van der Waals surface area (Å²) in [5.74, 6) is 0.678. The number of alkyl carbamates (subject to hydrolysis) is 1. The number of carbonyl (C=O) groups excluding carboxylic acids is 4. The van der Waals surface area contributed by atoms with E-state index in [0.717, 1.165) is 28.6 Å². The van der Waals surface area contributed by atoms with Gasteiger partial charge in [-0.15, -0.1) is 12.8 Å². The maximum atomic E-state index is 13.7. The number of rotatable bonds is 14. The van der Waals surface area contributed by atoms with E-state index >= 15 is 0 Å². The van der Waals surface area contributed by atoms with Crippen molar-refractivity contribution in [1.82, 2.24) is 30.1 Å². The number of nitrogens with zero attached hydrogens (tertiary/aromatic N) is 4. The van der Waals surface area contributed by atoms with E-state index in [1.165, 1.54) is 12.0 Å². The molecule has 14 heteroatoms. The first-order valence-electron chi connectivity index (χ1n) is 18.6. The number of anilines is 1. The Balaban J connectivity index is 0.00000354. The minimum Gasteiger partial charge on any atom is -0.453 e. The van der Waals surface area contributed by atoms with Gasteiger partial charge in [0.25, 0.3) is 0 Å². The molecule has 0 saturated carbocycles. The molecule has 0 unspecified atom stereocenters. The Morgan fingerprint density at radius 3 is 2.28 bits per heavy atom. The summed E-state index contributed by atoms with van der Waals surface area (Å²) < 4.78 is 16.6. The molecular formula is C43H51N7O7. The molecule has 0 saturated heterocycles. The predicted octanol–water partition coefficient (Wildman–Crippen LogP) is 7.86. The van der Waals surface area contributed by atoms with Crippen molar-refractivity contribution >= 4 is 40.7 Å². The fourth-order valence-electron chi connectivity index (χ4n) is 5.93. The summed E-state index contributed by atoms with van der Waals surface area (Å²) in [5, 5.41) is 5.55. The standard InChI is InChI=1S/C41H49N7O7.C2H2/c1-8-19-47(38(50)36(46-39(51)53-7)27-13-11-10-12-14-27)25-35(49)45-31-21-28(16-15-26(31)3)33-23-42-37(54-33)29-17-18-30-32(22-29)44-34(43-30)24-48(20-9-2)40(52)55-41(4,5)6;1-2/h10-18,21-23,36H,8-9,19-20,24-25H2,1-7H3,(H,43,44)(H,45,49)(H,46,51);1-2H/t36-;/m1./s1. The molecule has 5 rings (SSSR count).